The van der Waals surface area contributed by atoms with Gasteiger partial charge in [-0.05, 0) is 84.8 Å². The summed E-state index contributed by atoms with van der Waals surface area (Å²) in [6.07, 6.45) is 4.99. The molecular formula is C34H32F2N4O3. The molecule has 2 saturated heterocycles. The van der Waals surface area contributed by atoms with Crippen molar-refractivity contribution in [3.05, 3.63) is 71.9 Å². The average molecular weight is 583 g/mol. The number of rotatable bonds is 6. The minimum atomic E-state index is -0.737. The van der Waals surface area contributed by atoms with Crippen molar-refractivity contribution in [3.8, 4) is 40.0 Å². The van der Waals surface area contributed by atoms with Crippen LogP contribution in [0.15, 0.2) is 54.7 Å². The fraction of sp³-hybridized carbons (Fsp3) is 0.324. The van der Waals surface area contributed by atoms with Gasteiger partial charge in [0.2, 0.25) is 0 Å². The zero-order chi connectivity index (χ0) is 29.9. The molecule has 2 fully saturated rings. The Hall–Kier alpha value is -4.37. The Morgan fingerprint density at radius 3 is 2.72 bits per heavy atom. The van der Waals surface area contributed by atoms with Crippen molar-refractivity contribution in [2.75, 3.05) is 19.7 Å². The summed E-state index contributed by atoms with van der Waals surface area (Å²) >= 11 is 0. The first-order valence-corrected chi connectivity index (χ1v) is 14.7. The van der Waals surface area contributed by atoms with Crippen LogP contribution in [-0.2, 0) is 6.42 Å². The van der Waals surface area contributed by atoms with Gasteiger partial charge in [-0.1, -0.05) is 32.0 Å². The molecule has 3 aromatic carbocycles. The van der Waals surface area contributed by atoms with E-state index in [0.29, 0.717) is 51.9 Å². The van der Waals surface area contributed by atoms with E-state index in [9.17, 15) is 14.6 Å². The van der Waals surface area contributed by atoms with E-state index in [4.69, 9.17) is 9.72 Å². The van der Waals surface area contributed by atoms with Gasteiger partial charge in [-0.3, -0.25) is 9.88 Å². The molecule has 0 bridgehead atoms. The molecule has 7 rings (SSSR count). The fourth-order valence-electron chi connectivity index (χ4n) is 7.22. The van der Waals surface area contributed by atoms with Crippen molar-refractivity contribution >= 4 is 21.7 Å². The fourth-order valence-corrected chi connectivity index (χ4v) is 7.22. The summed E-state index contributed by atoms with van der Waals surface area (Å²) in [6, 6.07) is 12.4. The van der Waals surface area contributed by atoms with Crippen LogP contribution in [0.5, 0.6) is 17.5 Å². The Bertz CT molecular complexity index is 1900. The molecule has 220 valence electrons. The predicted octanol–water partition coefficient (Wildman–Crippen LogP) is 7.02. The molecule has 5 aromatic rings. The normalized spacial score (nSPS) is 20.2. The van der Waals surface area contributed by atoms with Crippen molar-refractivity contribution in [1.29, 1.82) is 0 Å². The maximum Gasteiger partial charge on any atom is 0.317 e. The number of fused-ring (bicyclic) bond motifs is 3. The highest BCUT2D eigenvalue weighted by atomic mass is 19.1. The summed E-state index contributed by atoms with van der Waals surface area (Å²) in [5.41, 5.74) is 1.44. The van der Waals surface area contributed by atoms with Crippen LogP contribution in [0.1, 0.15) is 38.7 Å². The molecule has 7 nitrogen and oxygen atoms in total. The van der Waals surface area contributed by atoms with Gasteiger partial charge in [0.1, 0.15) is 35.1 Å². The molecule has 2 aromatic heterocycles. The van der Waals surface area contributed by atoms with E-state index in [1.807, 2.05) is 6.92 Å². The monoisotopic (exact) mass is 582 g/mol. The van der Waals surface area contributed by atoms with Crippen molar-refractivity contribution in [2.45, 2.75) is 45.1 Å². The van der Waals surface area contributed by atoms with E-state index < -0.39 is 11.6 Å². The highest BCUT2D eigenvalue weighted by Crippen LogP contribution is 2.42. The predicted molar refractivity (Wildman–Crippen MR) is 161 cm³/mol. The van der Waals surface area contributed by atoms with E-state index in [2.05, 4.69) is 21.8 Å². The number of hydrogen-bond acceptors (Lipinski definition) is 7. The van der Waals surface area contributed by atoms with Crippen molar-refractivity contribution < 1.29 is 23.7 Å². The smallest absolute Gasteiger partial charge is 0.317 e. The van der Waals surface area contributed by atoms with Gasteiger partial charge in [0.05, 0.1) is 11.2 Å². The summed E-state index contributed by atoms with van der Waals surface area (Å²) in [5.74, 6) is -0.632. The third-order valence-electron chi connectivity index (χ3n) is 9.02. The van der Waals surface area contributed by atoms with Gasteiger partial charge in [-0.2, -0.15) is 9.97 Å². The molecule has 2 N–H and O–H groups in total. The second kappa shape index (κ2) is 10.4. The molecule has 9 heteroatoms. The molecule has 2 aliphatic heterocycles. The number of aromatic nitrogens is 3. The molecule has 0 aliphatic carbocycles. The first kappa shape index (κ1) is 27.5. The number of hydrogen-bond donors (Lipinski definition) is 2. The summed E-state index contributed by atoms with van der Waals surface area (Å²) in [6.45, 7) is 6.52. The number of phenols is 2. The van der Waals surface area contributed by atoms with Gasteiger partial charge >= 0.3 is 6.01 Å². The van der Waals surface area contributed by atoms with Crippen molar-refractivity contribution in [1.82, 2.24) is 19.9 Å². The highest BCUT2D eigenvalue weighted by Gasteiger charge is 2.47. The maximum absolute atomic E-state index is 16.7. The molecule has 0 spiro atoms. The third-order valence-corrected chi connectivity index (χ3v) is 9.02. The lowest BCUT2D eigenvalue weighted by Gasteiger charge is -2.31. The van der Waals surface area contributed by atoms with Crippen LogP contribution >= 0.6 is 0 Å². The van der Waals surface area contributed by atoms with Gasteiger partial charge in [0, 0.05) is 29.3 Å². The first-order chi connectivity index (χ1) is 20.8. The van der Waals surface area contributed by atoms with E-state index in [1.54, 1.807) is 30.3 Å². The van der Waals surface area contributed by atoms with Gasteiger partial charge < -0.3 is 14.9 Å². The van der Waals surface area contributed by atoms with Gasteiger partial charge in [0.15, 0.2) is 5.82 Å². The second-order valence-corrected chi connectivity index (χ2v) is 11.9. The Morgan fingerprint density at radius 2 is 1.91 bits per heavy atom. The largest absolute Gasteiger partial charge is 0.508 e. The van der Waals surface area contributed by atoms with E-state index in [1.165, 1.54) is 24.4 Å². The summed E-state index contributed by atoms with van der Waals surface area (Å²) in [4.78, 5) is 16.2. The maximum atomic E-state index is 16.7. The Kier molecular flexibility index (Phi) is 6.65. The van der Waals surface area contributed by atoms with Crippen molar-refractivity contribution in [3.63, 3.8) is 0 Å². The summed E-state index contributed by atoms with van der Waals surface area (Å²) in [7, 11) is 0. The lowest BCUT2D eigenvalue weighted by atomic mass is 9.92. The van der Waals surface area contributed by atoms with Crippen LogP contribution in [0.4, 0.5) is 8.78 Å². The zero-order valence-corrected chi connectivity index (χ0v) is 24.1. The Balaban J connectivity index is 1.41. The number of aryl methyl sites for hydroxylation is 1. The lowest BCUT2D eigenvalue weighted by Crippen LogP contribution is -2.43. The number of aromatic hydroxyl groups is 2. The van der Waals surface area contributed by atoms with Gasteiger partial charge in [-0.15, -0.1) is 0 Å². The van der Waals surface area contributed by atoms with Crippen LogP contribution in [0.3, 0.4) is 0 Å². The number of pyridine rings is 1. The Morgan fingerprint density at radius 1 is 1.05 bits per heavy atom. The van der Waals surface area contributed by atoms with Crippen LogP contribution in [0, 0.1) is 17.6 Å². The summed E-state index contributed by atoms with van der Waals surface area (Å²) in [5, 5.41) is 22.1. The van der Waals surface area contributed by atoms with E-state index in [0.717, 1.165) is 32.4 Å². The first-order valence-electron chi connectivity index (χ1n) is 14.7. The number of nitrogens with zero attached hydrogens (tertiary/aromatic N) is 4. The molecular weight excluding hydrogens is 550 g/mol. The van der Waals surface area contributed by atoms with E-state index >= 15 is 4.39 Å². The Labute approximate surface area is 247 Å². The number of benzene rings is 3. The molecule has 2 atom stereocenters. The van der Waals surface area contributed by atoms with Gasteiger partial charge in [0.25, 0.3) is 0 Å². The van der Waals surface area contributed by atoms with Gasteiger partial charge in [-0.25, -0.2) is 8.78 Å². The number of ether oxygens (including phenoxy) is 1. The third kappa shape index (κ3) is 4.63. The van der Waals surface area contributed by atoms with E-state index in [-0.39, 0.29) is 39.8 Å². The molecule has 0 amide bonds. The van der Waals surface area contributed by atoms with Crippen molar-refractivity contribution in [2.24, 2.45) is 5.92 Å². The second-order valence-electron chi connectivity index (χ2n) is 11.9. The quantitative estimate of drug-likeness (QED) is 0.222. The van der Waals surface area contributed by atoms with Crippen LogP contribution < -0.4 is 4.74 Å². The SMILES string of the molecule is CCc1c(F)ccc2cc(O)cc(-c3ncc4c(-c5cccc(O)c5)nc(OC[C@@]56CCCN5C[C@H](C)C6)nc4c3F)c12. The highest BCUT2D eigenvalue weighted by molar-refractivity contribution is 6.02. The molecule has 0 unspecified atom stereocenters. The van der Waals surface area contributed by atoms with Crippen LogP contribution in [-0.4, -0.2) is 55.3 Å². The molecule has 4 heterocycles. The molecule has 0 saturated carbocycles. The molecule has 43 heavy (non-hydrogen) atoms. The zero-order valence-electron chi connectivity index (χ0n) is 24.1. The minimum absolute atomic E-state index is 0.0140. The molecule has 2 aliphatic rings. The topological polar surface area (TPSA) is 91.6 Å². The lowest BCUT2D eigenvalue weighted by molar-refractivity contribution is 0.107. The average Bonchev–Trinajstić information content (AvgIpc) is 3.51. The van der Waals surface area contributed by atoms with Crippen LogP contribution in [0.2, 0.25) is 0 Å². The summed E-state index contributed by atoms with van der Waals surface area (Å²) < 4.78 is 37.8. The molecule has 0 radical (unpaired) electrons. The van der Waals surface area contributed by atoms with Crippen LogP contribution in [0.25, 0.3) is 44.2 Å². The number of halogens is 2. The minimum Gasteiger partial charge on any atom is -0.508 e. The number of phenolic OH excluding ortho intramolecular Hbond substituents is 2. The standard InChI is InChI=1S/C34H32F2N4O3/c1-3-24-27(35)9-8-20-12-23(42)14-25(28(20)24)31-29(36)32-26(16-37-31)30(21-6-4-7-22(41)13-21)38-33(39-32)43-18-34-10-5-11-40(34)17-19(2)15-34/h4,6-9,12-14,16,19,41-42H,3,5,10-11,15,17-18H2,1-2H3/t19-,34+/m1/s1.